The molecule has 20 heavy (non-hydrogen) atoms. The van der Waals surface area contributed by atoms with Crippen molar-refractivity contribution in [3.05, 3.63) is 34.1 Å². The van der Waals surface area contributed by atoms with Crippen LogP contribution in [0.3, 0.4) is 0 Å². The number of benzene rings is 1. The molecule has 1 aliphatic heterocycles. The standard InChI is InChI=1S/C14H18BrFN2O.ClH/c1-9(10-3-2-4-17-8-10)18-14(19)11-5-12(15)7-13(16)6-11;/h5-7,9-10,17H,2-4,8H2,1H3,(H,18,19);1H. The molecule has 3 nitrogen and oxygen atoms in total. The topological polar surface area (TPSA) is 41.1 Å². The zero-order valence-corrected chi connectivity index (χ0v) is 13.7. The van der Waals surface area contributed by atoms with Gasteiger partial charge in [-0.05, 0) is 57.0 Å². The predicted molar refractivity (Wildman–Crippen MR) is 83.9 cm³/mol. The van der Waals surface area contributed by atoms with Gasteiger partial charge in [0.2, 0.25) is 0 Å². The quantitative estimate of drug-likeness (QED) is 0.864. The zero-order chi connectivity index (χ0) is 13.8. The average molecular weight is 366 g/mol. The van der Waals surface area contributed by atoms with Crippen LogP contribution in [0.4, 0.5) is 4.39 Å². The number of amides is 1. The number of piperidine rings is 1. The Bertz CT molecular complexity index is 446. The highest BCUT2D eigenvalue weighted by atomic mass is 79.9. The van der Waals surface area contributed by atoms with Crippen molar-refractivity contribution < 1.29 is 9.18 Å². The van der Waals surface area contributed by atoms with Gasteiger partial charge in [0.1, 0.15) is 5.82 Å². The first kappa shape index (κ1) is 17.4. The average Bonchev–Trinajstić information content (AvgIpc) is 2.38. The van der Waals surface area contributed by atoms with Crippen molar-refractivity contribution >= 4 is 34.2 Å². The van der Waals surface area contributed by atoms with Gasteiger partial charge in [-0.1, -0.05) is 15.9 Å². The van der Waals surface area contributed by atoms with Crippen LogP contribution in [0, 0.1) is 11.7 Å². The van der Waals surface area contributed by atoms with Crippen LogP contribution in [-0.2, 0) is 0 Å². The number of hydrogen-bond acceptors (Lipinski definition) is 2. The van der Waals surface area contributed by atoms with E-state index in [4.69, 9.17) is 0 Å². The molecular formula is C14H19BrClFN2O. The third-order valence-corrected chi connectivity index (χ3v) is 3.98. The summed E-state index contributed by atoms with van der Waals surface area (Å²) in [6, 6.07) is 4.31. The number of nitrogens with one attached hydrogen (secondary N) is 2. The summed E-state index contributed by atoms with van der Waals surface area (Å²) in [5, 5.41) is 6.28. The summed E-state index contributed by atoms with van der Waals surface area (Å²) in [5.74, 6) is -0.195. The van der Waals surface area contributed by atoms with E-state index in [0.29, 0.717) is 16.0 Å². The van der Waals surface area contributed by atoms with Gasteiger partial charge < -0.3 is 10.6 Å². The van der Waals surface area contributed by atoms with Gasteiger partial charge in [-0.2, -0.15) is 0 Å². The molecule has 1 heterocycles. The molecular weight excluding hydrogens is 347 g/mol. The molecule has 1 aromatic carbocycles. The van der Waals surface area contributed by atoms with Crippen molar-refractivity contribution in [2.24, 2.45) is 5.92 Å². The van der Waals surface area contributed by atoms with E-state index in [0.717, 1.165) is 25.9 Å². The number of carbonyl (C=O) groups is 1. The first-order valence-corrected chi connectivity index (χ1v) is 7.33. The van der Waals surface area contributed by atoms with Gasteiger partial charge in [0, 0.05) is 16.1 Å². The number of carbonyl (C=O) groups excluding carboxylic acids is 1. The van der Waals surface area contributed by atoms with E-state index in [1.54, 1.807) is 6.07 Å². The lowest BCUT2D eigenvalue weighted by molar-refractivity contribution is 0.0921. The van der Waals surface area contributed by atoms with E-state index in [2.05, 4.69) is 26.6 Å². The lowest BCUT2D eigenvalue weighted by atomic mass is 9.92. The van der Waals surface area contributed by atoms with Gasteiger partial charge in [-0.25, -0.2) is 4.39 Å². The molecule has 2 unspecified atom stereocenters. The normalized spacial score (nSPS) is 19.9. The van der Waals surface area contributed by atoms with Crippen LogP contribution >= 0.6 is 28.3 Å². The Kier molecular flexibility index (Phi) is 6.92. The van der Waals surface area contributed by atoms with Crippen molar-refractivity contribution in [3.63, 3.8) is 0 Å². The SMILES string of the molecule is CC(NC(=O)c1cc(F)cc(Br)c1)C1CCCNC1.Cl. The van der Waals surface area contributed by atoms with Crippen LogP contribution < -0.4 is 10.6 Å². The second-order valence-corrected chi connectivity index (χ2v) is 5.94. The summed E-state index contributed by atoms with van der Waals surface area (Å²) in [6.45, 7) is 3.98. The largest absolute Gasteiger partial charge is 0.349 e. The molecule has 1 fully saturated rings. The van der Waals surface area contributed by atoms with Crippen molar-refractivity contribution in [3.8, 4) is 0 Å². The molecule has 1 aromatic rings. The first-order valence-electron chi connectivity index (χ1n) is 6.54. The molecule has 6 heteroatoms. The molecule has 0 spiro atoms. The molecule has 0 radical (unpaired) electrons. The Labute approximate surface area is 133 Å². The van der Waals surface area contributed by atoms with Crippen molar-refractivity contribution in [1.29, 1.82) is 0 Å². The van der Waals surface area contributed by atoms with E-state index >= 15 is 0 Å². The van der Waals surface area contributed by atoms with Crippen LogP contribution in [0.25, 0.3) is 0 Å². The molecule has 0 aromatic heterocycles. The summed E-state index contributed by atoms with van der Waals surface area (Å²) < 4.78 is 13.8. The molecule has 2 rings (SSSR count). The molecule has 2 N–H and O–H groups in total. The minimum Gasteiger partial charge on any atom is -0.349 e. The molecule has 0 aliphatic carbocycles. The fraction of sp³-hybridized carbons (Fsp3) is 0.500. The Morgan fingerprint density at radius 3 is 2.85 bits per heavy atom. The highest BCUT2D eigenvalue weighted by molar-refractivity contribution is 9.10. The monoisotopic (exact) mass is 364 g/mol. The number of hydrogen-bond donors (Lipinski definition) is 2. The summed E-state index contributed by atoms with van der Waals surface area (Å²) in [5.41, 5.74) is 0.350. The van der Waals surface area contributed by atoms with Gasteiger partial charge in [0.25, 0.3) is 5.91 Å². The van der Waals surface area contributed by atoms with Crippen LogP contribution in [0.1, 0.15) is 30.1 Å². The highest BCUT2D eigenvalue weighted by Crippen LogP contribution is 2.17. The summed E-state index contributed by atoms with van der Waals surface area (Å²) >= 11 is 3.19. The van der Waals surface area contributed by atoms with Gasteiger partial charge in [0.15, 0.2) is 0 Å². The minimum absolute atomic E-state index is 0. The van der Waals surface area contributed by atoms with Gasteiger partial charge >= 0.3 is 0 Å². The number of rotatable bonds is 3. The summed E-state index contributed by atoms with van der Waals surface area (Å²) in [7, 11) is 0. The highest BCUT2D eigenvalue weighted by Gasteiger charge is 2.21. The molecule has 1 aliphatic rings. The maximum atomic E-state index is 13.3. The van der Waals surface area contributed by atoms with Crippen molar-refractivity contribution in [2.75, 3.05) is 13.1 Å². The Morgan fingerprint density at radius 2 is 2.25 bits per heavy atom. The lowest BCUT2D eigenvalue weighted by Gasteiger charge is -2.29. The fourth-order valence-electron chi connectivity index (χ4n) is 2.40. The predicted octanol–water partition coefficient (Wildman–Crippen LogP) is 3.13. The third-order valence-electron chi connectivity index (χ3n) is 3.53. The Morgan fingerprint density at radius 1 is 1.50 bits per heavy atom. The smallest absolute Gasteiger partial charge is 0.251 e. The molecule has 0 bridgehead atoms. The third kappa shape index (κ3) is 4.72. The van der Waals surface area contributed by atoms with E-state index in [9.17, 15) is 9.18 Å². The number of halogens is 3. The van der Waals surface area contributed by atoms with Gasteiger partial charge in [-0.3, -0.25) is 4.79 Å². The van der Waals surface area contributed by atoms with E-state index in [-0.39, 0.29) is 24.4 Å². The molecule has 112 valence electrons. The van der Waals surface area contributed by atoms with Crippen molar-refractivity contribution in [1.82, 2.24) is 10.6 Å². The molecule has 1 amide bonds. The second-order valence-electron chi connectivity index (χ2n) is 5.03. The van der Waals surface area contributed by atoms with E-state index < -0.39 is 5.82 Å². The van der Waals surface area contributed by atoms with Crippen LogP contribution in [0.5, 0.6) is 0 Å². The Balaban J connectivity index is 0.00000200. The fourth-order valence-corrected chi connectivity index (χ4v) is 2.86. The van der Waals surface area contributed by atoms with Crippen molar-refractivity contribution in [2.45, 2.75) is 25.8 Å². The van der Waals surface area contributed by atoms with Crippen LogP contribution in [0.15, 0.2) is 22.7 Å². The molecule has 2 atom stereocenters. The summed E-state index contributed by atoms with van der Waals surface area (Å²) in [6.07, 6.45) is 2.25. The van der Waals surface area contributed by atoms with Crippen LogP contribution in [-0.4, -0.2) is 25.0 Å². The van der Waals surface area contributed by atoms with Gasteiger partial charge in [-0.15, -0.1) is 12.4 Å². The molecule has 0 saturated carbocycles. The van der Waals surface area contributed by atoms with Gasteiger partial charge in [0.05, 0.1) is 0 Å². The lowest BCUT2D eigenvalue weighted by Crippen LogP contribution is -2.44. The first-order chi connectivity index (χ1) is 9.06. The minimum atomic E-state index is -0.411. The zero-order valence-electron chi connectivity index (χ0n) is 11.3. The second kappa shape index (κ2) is 7.96. The van der Waals surface area contributed by atoms with E-state index in [1.807, 2.05) is 6.92 Å². The van der Waals surface area contributed by atoms with E-state index in [1.165, 1.54) is 12.1 Å². The maximum Gasteiger partial charge on any atom is 0.251 e. The van der Waals surface area contributed by atoms with Crippen LogP contribution in [0.2, 0.25) is 0 Å². The maximum absolute atomic E-state index is 13.3. The molecule has 1 saturated heterocycles. The summed E-state index contributed by atoms with van der Waals surface area (Å²) in [4.78, 5) is 12.1. The Hall–Kier alpha value is -0.650.